The quantitative estimate of drug-likeness (QED) is 0.257. The molecule has 0 aliphatic carbocycles. The van der Waals surface area contributed by atoms with Crippen LogP contribution in [0.3, 0.4) is 0 Å². The molecule has 4 N–H and O–H groups in total. The second kappa shape index (κ2) is 14.3. The van der Waals surface area contributed by atoms with Crippen LogP contribution in [0, 0.1) is 0 Å². The second-order valence-corrected chi connectivity index (χ2v) is 7.48. The summed E-state index contributed by atoms with van der Waals surface area (Å²) in [7, 11) is 0. The highest BCUT2D eigenvalue weighted by Gasteiger charge is 2.19. The number of amides is 2. The molecule has 0 aliphatic heterocycles. The van der Waals surface area contributed by atoms with Gasteiger partial charge in [0.25, 0.3) is 0 Å². The number of aromatic nitrogens is 2. The van der Waals surface area contributed by atoms with E-state index >= 15 is 0 Å². The Balaban J connectivity index is 1.87. The number of aliphatic carboxylic acids is 2. The maximum atomic E-state index is 12.3. The molecule has 2 aromatic heterocycles. The van der Waals surface area contributed by atoms with E-state index in [0.29, 0.717) is 0 Å². The lowest BCUT2D eigenvalue weighted by molar-refractivity contribution is -0.141. The summed E-state index contributed by atoms with van der Waals surface area (Å²) in [6.07, 6.45) is 6.45. The molecular weight excluding hydrogens is 444 g/mol. The van der Waals surface area contributed by atoms with E-state index < -0.39 is 25.0 Å². The molecule has 0 saturated carbocycles. The molecule has 0 aliphatic rings. The smallest absolute Gasteiger partial charge is 0.317 e. The number of nitrogens with one attached hydrogen (secondary N) is 2. The Bertz CT molecular complexity index is 866. The zero-order valence-electron chi connectivity index (χ0n) is 18.6. The van der Waals surface area contributed by atoms with Crippen LogP contribution in [0.5, 0.6) is 0 Å². The van der Waals surface area contributed by atoms with Gasteiger partial charge in [0.1, 0.15) is 0 Å². The fourth-order valence-electron chi connectivity index (χ4n) is 3.02. The van der Waals surface area contributed by atoms with Crippen molar-refractivity contribution in [3.63, 3.8) is 0 Å². The van der Waals surface area contributed by atoms with Crippen molar-refractivity contribution in [2.24, 2.45) is 0 Å². The summed E-state index contributed by atoms with van der Waals surface area (Å²) in [5.74, 6) is -3.02. The third kappa shape index (κ3) is 11.1. The van der Waals surface area contributed by atoms with E-state index in [1.165, 1.54) is 9.80 Å². The Hall–Kier alpha value is -3.90. The molecular formula is C22H28N6O6. The van der Waals surface area contributed by atoms with Gasteiger partial charge in [-0.3, -0.25) is 38.9 Å². The molecule has 0 radical (unpaired) electrons. The van der Waals surface area contributed by atoms with Crippen LogP contribution >= 0.6 is 0 Å². The molecule has 0 aromatic carbocycles. The lowest BCUT2D eigenvalue weighted by Crippen LogP contribution is -2.46. The predicted molar refractivity (Wildman–Crippen MR) is 120 cm³/mol. The Morgan fingerprint density at radius 1 is 0.706 bits per heavy atom. The minimum atomic E-state index is -1.13. The van der Waals surface area contributed by atoms with E-state index in [2.05, 4.69) is 20.6 Å². The largest absolute Gasteiger partial charge is 0.480 e. The molecule has 12 nitrogen and oxygen atoms in total. The first-order chi connectivity index (χ1) is 16.3. The van der Waals surface area contributed by atoms with Crippen molar-refractivity contribution in [3.8, 4) is 0 Å². The summed E-state index contributed by atoms with van der Waals surface area (Å²) >= 11 is 0. The van der Waals surface area contributed by atoms with Gasteiger partial charge < -0.3 is 20.8 Å². The van der Waals surface area contributed by atoms with E-state index in [4.69, 9.17) is 0 Å². The minimum absolute atomic E-state index is 0.0791. The van der Waals surface area contributed by atoms with Crippen LogP contribution in [0.2, 0.25) is 0 Å². The lowest BCUT2D eigenvalue weighted by atomic mass is 10.3. The molecule has 2 aromatic rings. The van der Waals surface area contributed by atoms with Crippen LogP contribution in [0.25, 0.3) is 0 Å². The molecule has 0 saturated heterocycles. The number of hydrogen-bond donors (Lipinski definition) is 4. The number of carbonyl (C=O) groups is 4. The standard InChI is InChI=1S/C22H28N6O6/c29-19(25-11-17-3-1-5-23-9-17)13-27(15-21(31)32)7-8-28(16-22(33)34)14-20(30)26-12-18-4-2-6-24-10-18/h1-6,9-10H,7-8,11-16H2,(H,25,29)(H,26,30)(H,31,32)(H,33,34). The van der Waals surface area contributed by atoms with Gasteiger partial charge in [-0.15, -0.1) is 0 Å². The van der Waals surface area contributed by atoms with Crippen molar-refractivity contribution in [3.05, 3.63) is 60.2 Å². The van der Waals surface area contributed by atoms with E-state index in [9.17, 15) is 29.4 Å². The molecule has 0 atom stereocenters. The van der Waals surface area contributed by atoms with Gasteiger partial charge in [-0.25, -0.2) is 0 Å². The van der Waals surface area contributed by atoms with Crippen LogP contribution in [0.1, 0.15) is 11.1 Å². The van der Waals surface area contributed by atoms with Crippen molar-refractivity contribution >= 4 is 23.8 Å². The van der Waals surface area contributed by atoms with Crippen molar-refractivity contribution in [1.82, 2.24) is 30.4 Å². The van der Waals surface area contributed by atoms with Crippen molar-refractivity contribution in [2.45, 2.75) is 13.1 Å². The van der Waals surface area contributed by atoms with Gasteiger partial charge in [0.2, 0.25) is 11.8 Å². The van der Waals surface area contributed by atoms with Gasteiger partial charge in [0, 0.05) is 51.0 Å². The molecule has 182 valence electrons. The van der Waals surface area contributed by atoms with Crippen molar-refractivity contribution in [2.75, 3.05) is 39.3 Å². The first kappa shape index (κ1) is 26.4. The normalized spacial score (nSPS) is 10.8. The summed E-state index contributed by atoms with van der Waals surface area (Å²) in [6.45, 7) is -0.554. The summed E-state index contributed by atoms with van der Waals surface area (Å²) in [4.78, 5) is 57.7. The number of carbonyl (C=O) groups excluding carboxylic acids is 2. The summed E-state index contributed by atoms with van der Waals surface area (Å²) < 4.78 is 0. The molecule has 0 unspecified atom stereocenters. The van der Waals surface area contributed by atoms with E-state index in [1.54, 1.807) is 49.1 Å². The maximum Gasteiger partial charge on any atom is 0.317 e. The number of hydrogen-bond acceptors (Lipinski definition) is 8. The Morgan fingerprint density at radius 2 is 1.12 bits per heavy atom. The third-order valence-corrected chi connectivity index (χ3v) is 4.61. The van der Waals surface area contributed by atoms with E-state index in [-0.39, 0.29) is 51.1 Å². The van der Waals surface area contributed by atoms with E-state index in [1.807, 2.05) is 0 Å². The fourth-order valence-corrected chi connectivity index (χ4v) is 3.02. The fraction of sp³-hybridized carbons (Fsp3) is 0.364. The summed E-state index contributed by atoms with van der Waals surface area (Å²) in [5.41, 5.74) is 1.59. The number of pyridine rings is 2. The molecule has 0 bridgehead atoms. The molecule has 0 fully saturated rings. The third-order valence-electron chi connectivity index (χ3n) is 4.61. The Kier molecular flexibility index (Phi) is 11.1. The van der Waals surface area contributed by atoms with Gasteiger partial charge in [-0.2, -0.15) is 0 Å². The van der Waals surface area contributed by atoms with Gasteiger partial charge in [-0.1, -0.05) is 12.1 Å². The average Bonchev–Trinajstić information content (AvgIpc) is 2.80. The minimum Gasteiger partial charge on any atom is -0.480 e. The first-order valence-electron chi connectivity index (χ1n) is 10.5. The van der Waals surface area contributed by atoms with Crippen LogP contribution in [0.4, 0.5) is 0 Å². The number of carboxylic acid groups (broad SMARTS) is 2. The zero-order valence-corrected chi connectivity index (χ0v) is 18.6. The highest BCUT2D eigenvalue weighted by molar-refractivity contribution is 5.79. The topological polar surface area (TPSA) is 165 Å². The van der Waals surface area contributed by atoms with Crippen molar-refractivity contribution < 1.29 is 29.4 Å². The molecule has 12 heteroatoms. The Morgan fingerprint density at radius 3 is 1.44 bits per heavy atom. The molecule has 2 heterocycles. The van der Waals surface area contributed by atoms with Gasteiger partial charge in [0.15, 0.2) is 0 Å². The summed E-state index contributed by atoms with van der Waals surface area (Å²) in [5, 5.41) is 23.8. The van der Waals surface area contributed by atoms with Crippen LogP contribution in [0.15, 0.2) is 49.1 Å². The highest BCUT2D eigenvalue weighted by atomic mass is 16.4. The highest BCUT2D eigenvalue weighted by Crippen LogP contribution is 1.98. The molecule has 34 heavy (non-hydrogen) atoms. The SMILES string of the molecule is O=C(O)CN(CCN(CC(=O)O)CC(=O)NCc1cccnc1)CC(=O)NCc1cccnc1. The maximum absolute atomic E-state index is 12.3. The first-order valence-corrected chi connectivity index (χ1v) is 10.5. The lowest BCUT2D eigenvalue weighted by Gasteiger charge is -2.25. The zero-order chi connectivity index (χ0) is 24.8. The Labute approximate surface area is 196 Å². The van der Waals surface area contributed by atoms with Crippen LogP contribution in [-0.4, -0.2) is 93.0 Å². The number of nitrogens with zero attached hydrogens (tertiary/aromatic N) is 4. The summed E-state index contributed by atoms with van der Waals surface area (Å²) in [6, 6.07) is 7.07. The molecule has 2 amide bonds. The molecule has 0 spiro atoms. The predicted octanol–water partition coefficient (Wildman–Crippen LogP) is -0.818. The number of rotatable bonds is 15. The van der Waals surface area contributed by atoms with Gasteiger partial charge in [0.05, 0.1) is 26.2 Å². The van der Waals surface area contributed by atoms with Gasteiger partial charge >= 0.3 is 11.9 Å². The molecule has 2 rings (SSSR count). The number of carboxylic acids is 2. The van der Waals surface area contributed by atoms with Crippen LogP contribution in [-0.2, 0) is 32.3 Å². The average molecular weight is 473 g/mol. The van der Waals surface area contributed by atoms with Crippen molar-refractivity contribution in [1.29, 1.82) is 0 Å². The van der Waals surface area contributed by atoms with Gasteiger partial charge in [-0.05, 0) is 23.3 Å². The second-order valence-electron chi connectivity index (χ2n) is 7.48. The van der Waals surface area contributed by atoms with E-state index in [0.717, 1.165) is 11.1 Å². The van der Waals surface area contributed by atoms with Crippen LogP contribution < -0.4 is 10.6 Å². The monoisotopic (exact) mass is 472 g/mol.